The third-order valence-electron chi connectivity index (χ3n) is 5.40. The van der Waals surface area contributed by atoms with E-state index in [1.165, 1.54) is 25.0 Å². The summed E-state index contributed by atoms with van der Waals surface area (Å²) in [5, 5.41) is 7.05. The average molecular weight is 400 g/mol. The number of nitrogens with zero attached hydrogens (tertiary/aromatic N) is 1. The average Bonchev–Trinajstić information content (AvgIpc) is 3.17. The van der Waals surface area contributed by atoms with E-state index in [-0.39, 0.29) is 17.1 Å². The summed E-state index contributed by atoms with van der Waals surface area (Å²) in [6, 6.07) is 14.1. The van der Waals surface area contributed by atoms with Crippen molar-refractivity contribution in [2.75, 3.05) is 26.0 Å². The number of hydrogen-bond acceptors (Lipinski definition) is 2. The maximum absolute atomic E-state index is 13.3. The Bertz CT molecular complexity index is 828. The lowest BCUT2D eigenvalue weighted by Crippen LogP contribution is -2.40. The molecule has 0 bridgehead atoms. The Kier molecular flexibility index (Phi) is 6.29. The van der Waals surface area contributed by atoms with Crippen molar-refractivity contribution in [2.45, 2.75) is 31.1 Å². The number of rotatable bonds is 5. The zero-order chi connectivity index (χ0) is 20.1. The number of hydrogen-bond donors (Lipinski definition) is 2. The summed E-state index contributed by atoms with van der Waals surface area (Å²) >= 11 is 5.46. The summed E-state index contributed by atoms with van der Waals surface area (Å²) in [5.74, 6) is -0.243. The van der Waals surface area contributed by atoms with Gasteiger partial charge >= 0.3 is 0 Å². The zero-order valence-corrected chi connectivity index (χ0v) is 17.1. The molecule has 4 nitrogen and oxygen atoms in total. The highest BCUT2D eigenvalue weighted by Gasteiger charge is 2.35. The summed E-state index contributed by atoms with van der Waals surface area (Å²) in [6.07, 6.45) is 4.46. The molecule has 3 rings (SSSR count). The van der Waals surface area contributed by atoms with E-state index in [0.717, 1.165) is 24.1 Å². The van der Waals surface area contributed by atoms with Crippen molar-refractivity contribution >= 4 is 28.9 Å². The number of nitrogens with one attached hydrogen (secondary N) is 2. The first-order chi connectivity index (χ1) is 13.4. The quantitative estimate of drug-likeness (QED) is 0.735. The fraction of sp³-hybridized carbons (Fsp3) is 0.364. The number of benzene rings is 2. The van der Waals surface area contributed by atoms with Gasteiger partial charge < -0.3 is 15.5 Å². The molecule has 1 amide bonds. The zero-order valence-electron chi connectivity index (χ0n) is 16.3. The number of halogens is 1. The lowest BCUT2D eigenvalue weighted by atomic mass is 9.79. The minimum atomic E-state index is -0.210. The SMILES string of the molecule is CN(C)C(=O)c1ccc(NC(=S)NCC2(c3ccc(F)cc3)CCCC2)cc1. The van der Waals surface area contributed by atoms with Crippen molar-refractivity contribution in [1.29, 1.82) is 0 Å². The predicted octanol–water partition coefficient (Wildman–Crippen LogP) is 4.33. The number of amides is 1. The maximum Gasteiger partial charge on any atom is 0.253 e. The van der Waals surface area contributed by atoms with Crippen LogP contribution in [-0.2, 0) is 5.41 Å². The van der Waals surface area contributed by atoms with E-state index in [9.17, 15) is 9.18 Å². The first-order valence-corrected chi connectivity index (χ1v) is 9.93. The molecule has 0 unspecified atom stereocenters. The van der Waals surface area contributed by atoms with Gasteiger partial charge in [0.05, 0.1) is 0 Å². The van der Waals surface area contributed by atoms with E-state index in [1.54, 1.807) is 31.1 Å². The summed E-state index contributed by atoms with van der Waals surface area (Å²) in [7, 11) is 3.46. The Morgan fingerprint density at radius 2 is 1.68 bits per heavy atom. The molecule has 1 aliphatic carbocycles. The molecule has 0 aliphatic heterocycles. The van der Waals surface area contributed by atoms with Crippen LogP contribution in [0.15, 0.2) is 48.5 Å². The molecule has 2 aromatic rings. The Balaban J connectivity index is 1.61. The van der Waals surface area contributed by atoms with Gasteiger partial charge in [-0.2, -0.15) is 0 Å². The molecule has 2 aromatic carbocycles. The van der Waals surface area contributed by atoms with Gasteiger partial charge in [-0.05, 0) is 67.0 Å². The number of thiocarbonyl (C=S) groups is 1. The Labute approximate surface area is 171 Å². The summed E-state index contributed by atoms with van der Waals surface area (Å²) in [4.78, 5) is 13.5. The van der Waals surface area contributed by atoms with Gasteiger partial charge in [-0.15, -0.1) is 0 Å². The number of anilines is 1. The Morgan fingerprint density at radius 1 is 1.07 bits per heavy atom. The normalized spacial score (nSPS) is 15.1. The Hall–Kier alpha value is -2.47. The molecule has 1 aliphatic rings. The van der Waals surface area contributed by atoms with Crippen LogP contribution in [0, 0.1) is 5.82 Å². The van der Waals surface area contributed by atoms with Crippen LogP contribution in [0.4, 0.5) is 10.1 Å². The number of carbonyl (C=O) groups is 1. The molecule has 0 heterocycles. The highest BCUT2D eigenvalue weighted by molar-refractivity contribution is 7.80. The van der Waals surface area contributed by atoms with Crippen LogP contribution in [0.3, 0.4) is 0 Å². The van der Waals surface area contributed by atoms with Crippen molar-refractivity contribution in [3.05, 3.63) is 65.5 Å². The molecule has 0 radical (unpaired) electrons. The summed E-state index contributed by atoms with van der Waals surface area (Å²) in [6.45, 7) is 0.710. The molecule has 0 saturated heterocycles. The van der Waals surface area contributed by atoms with Crippen LogP contribution in [-0.4, -0.2) is 36.6 Å². The van der Waals surface area contributed by atoms with Gasteiger partial charge in [0.1, 0.15) is 5.82 Å². The van der Waals surface area contributed by atoms with Gasteiger partial charge in [0.2, 0.25) is 0 Å². The van der Waals surface area contributed by atoms with Crippen LogP contribution in [0.2, 0.25) is 0 Å². The molecular formula is C22H26FN3OS. The lowest BCUT2D eigenvalue weighted by Gasteiger charge is -2.30. The second-order valence-electron chi connectivity index (χ2n) is 7.58. The van der Waals surface area contributed by atoms with Crippen LogP contribution < -0.4 is 10.6 Å². The molecule has 0 aromatic heterocycles. The van der Waals surface area contributed by atoms with Crippen molar-refractivity contribution in [3.63, 3.8) is 0 Å². The molecule has 0 atom stereocenters. The van der Waals surface area contributed by atoms with Gasteiger partial charge in [0.15, 0.2) is 5.11 Å². The molecule has 0 spiro atoms. The fourth-order valence-electron chi connectivity index (χ4n) is 3.80. The topological polar surface area (TPSA) is 44.4 Å². The Morgan fingerprint density at radius 3 is 2.25 bits per heavy atom. The first-order valence-electron chi connectivity index (χ1n) is 9.52. The maximum atomic E-state index is 13.3. The molecule has 148 valence electrons. The van der Waals surface area contributed by atoms with E-state index in [4.69, 9.17) is 12.2 Å². The van der Waals surface area contributed by atoms with Crippen molar-refractivity contribution < 1.29 is 9.18 Å². The molecular weight excluding hydrogens is 373 g/mol. The summed E-state index contributed by atoms with van der Waals surface area (Å²) in [5.41, 5.74) is 2.61. The minimum Gasteiger partial charge on any atom is -0.362 e. The van der Waals surface area contributed by atoms with Gasteiger partial charge in [-0.1, -0.05) is 25.0 Å². The van der Waals surface area contributed by atoms with E-state index in [0.29, 0.717) is 17.2 Å². The second-order valence-corrected chi connectivity index (χ2v) is 7.99. The van der Waals surface area contributed by atoms with Gasteiger partial charge in [-0.3, -0.25) is 4.79 Å². The van der Waals surface area contributed by atoms with Crippen molar-refractivity contribution in [2.24, 2.45) is 0 Å². The molecule has 1 fully saturated rings. The lowest BCUT2D eigenvalue weighted by molar-refractivity contribution is 0.0827. The van der Waals surface area contributed by atoms with E-state index in [2.05, 4.69) is 10.6 Å². The highest BCUT2D eigenvalue weighted by atomic mass is 32.1. The van der Waals surface area contributed by atoms with E-state index in [1.807, 2.05) is 24.3 Å². The number of carbonyl (C=O) groups excluding carboxylic acids is 1. The monoisotopic (exact) mass is 399 g/mol. The summed E-state index contributed by atoms with van der Waals surface area (Å²) < 4.78 is 13.3. The molecule has 2 N–H and O–H groups in total. The standard InChI is InChI=1S/C22H26FN3OS/c1-26(2)20(27)16-5-11-19(12-6-16)25-21(28)24-15-22(13-3-4-14-22)17-7-9-18(23)10-8-17/h5-12H,3-4,13-15H2,1-2H3,(H2,24,25,28). The third kappa shape index (κ3) is 4.68. The van der Waals surface area contributed by atoms with Crippen LogP contribution in [0.5, 0.6) is 0 Å². The van der Waals surface area contributed by atoms with E-state index < -0.39 is 0 Å². The van der Waals surface area contributed by atoms with Gasteiger partial charge in [0.25, 0.3) is 5.91 Å². The fourth-order valence-corrected chi connectivity index (χ4v) is 3.99. The van der Waals surface area contributed by atoms with Crippen molar-refractivity contribution in [3.8, 4) is 0 Å². The minimum absolute atomic E-state index is 0.0125. The predicted molar refractivity (Wildman–Crippen MR) is 115 cm³/mol. The molecule has 28 heavy (non-hydrogen) atoms. The largest absolute Gasteiger partial charge is 0.362 e. The molecule has 6 heteroatoms. The van der Waals surface area contributed by atoms with Crippen molar-refractivity contribution in [1.82, 2.24) is 10.2 Å². The van der Waals surface area contributed by atoms with E-state index >= 15 is 0 Å². The van der Waals surface area contributed by atoms with Gasteiger partial charge in [0, 0.05) is 37.3 Å². The smallest absolute Gasteiger partial charge is 0.253 e. The van der Waals surface area contributed by atoms with Crippen LogP contribution in [0.1, 0.15) is 41.6 Å². The third-order valence-corrected chi connectivity index (χ3v) is 5.65. The van der Waals surface area contributed by atoms with Gasteiger partial charge in [-0.25, -0.2) is 4.39 Å². The second kappa shape index (κ2) is 8.69. The molecule has 1 saturated carbocycles. The van der Waals surface area contributed by atoms with Crippen LogP contribution >= 0.6 is 12.2 Å². The highest BCUT2D eigenvalue weighted by Crippen LogP contribution is 2.40. The van der Waals surface area contributed by atoms with Crippen LogP contribution in [0.25, 0.3) is 0 Å². The first kappa shape index (κ1) is 20.3.